The van der Waals surface area contributed by atoms with Gasteiger partial charge in [-0.05, 0) is 109 Å². The molecule has 64 heavy (non-hydrogen) atoms. The maximum atomic E-state index is 5.52. The number of hydrogen-bond acceptors (Lipinski definition) is 4. The smallest absolute Gasteiger partial charge is 0.183 e. The molecule has 0 amide bonds. The zero-order valence-corrected chi connectivity index (χ0v) is 36.8. The minimum absolute atomic E-state index is 0.0263. The molecule has 0 saturated heterocycles. The summed E-state index contributed by atoms with van der Waals surface area (Å²) in [4.78, 5) is 10.6. The van der Waals surface area contributed by atoms with Gasteiger partial charge in [0.15, 0.2) is 11.6 Å². The molecule has 0 spiro atoms. The highest BCUT2D eigenvalue weighted by Crippen LogP contribution is 2.42. The molecule has 0 N–H and O–H groups in total. The van der Waals surface area contributed by atoms with Gasteiger partial charge in [-0.2, -0.15) is 0 Å². The summed E-state index contributed by atoms with van der Waals surface area (Å²) in [5.74, 6) is 1.95. The van der Waals surface area contributed by atoms with Crippen LogP contribution in [0.15, 0.2) is 170 Å². The highest BCUT2D eigenvalue weighted by atomic mass is 15.3. The topological polar surface area (TPSA) is 61.4 Å². The second kappa shape index (κ2) is 13.9. The Hall–Kier alpha value is -7.70. The summed E-state index contributed by atoms with van der Waals surface area (Å²) in [6.07, 6.45) is 1.86. The summed E-state index contributed by atoms with van der Waals surface area (Å²) in [7, 11) is 0. The predicted octanol–water partition coefficient (Wildman–Crippen LogP) is 14.8. The Morgan fingerprint density at radius 1 is 0.438 bits per heavy atom. The standard InChI is InChI=1S/C58H46N6/c1-57(2,3)38-25-29-49-47(32-38)48-33-39(58(4,5)6)26-30-50(48)63(49)40-27-23-35(24-28-40)56-60-53-45-21-13-11-19-43(45)44-20-12-14-22-46(44)54(53)64(56)51-34-59-55(62-61-51)52-41-17-9-7-15-36(41)31-37-16-8-10-18-42(37)52/h7-34H,1-6H3. The van der Waals surface area contributed by atoms with Crippen molar-refractivity contribution >= 4 is 75.9 Å². The van der Waals surface area contributed by atoms with Crippen molar-refractivity contribution in [2.24, 2.45) is 0 Å². The fraction of sp³-hybridized carbons (Fsp3) is 0.138. The Bertz CT molecular complexity index is 3710. The summed E-state index contributed by atoms with van der Waals surface area (Å²) in [5, 5.41) is 21.4. The van der Waals surface area contributed by atoms with Crippen LogP contribution in [0.3, 0.4) is 0 Å². The number of imidazole rings is 1. The first-order chi connectivity index (χ1) is 31.0. The Kier molecular flexibility index (Phi) is 8.26. The van der Waals surface area contributed by atoms with E-state index in [0.717, 1.165) is 76.8 Å². The third-order valence-electron chi connectivity index (χ3n) is 13.2. The molecule has 0 unspecified atom stereocenters. The van der Waals surface area contributed by atoms with Crippen LogP contribution in [0.1, 0.15) is 52.7 Å². The Morgan fingerprint density at radius 2 is 0.953 bits per heavy atom. The third-order valence-corrected chi connectivity index (χ3v) is 13.2. The van der Waals surface area contributed by atoms with Crippen molar-refractivity contribution in [2.45, 2.75) is 52.4 Å². The van der Waals surface area contributed by atoms with E-state index in [1.54, 1.807) is 0 Å². The number of fused-ring (bicyclic) bond motifs is 11. The average Bonchev–Trinajstić information content (AvgIpc) is 3.87. The van der Waals surface area contributed by atoms with Crippen molar-refractivity contribution in [3.63, 3.8) is 0 Å². The van der Waals surface area contributed by atoms with E-state index in [0.29, 0.717) is 11.6 Å². The summed E-state index contributed by atoms with van der Waals surface area (Å²) in [6, 6.07) is 59.0. The molecule has 0 bridgehead atoms. The van der Waals surface area contributed by atoms with Gasteiger partial charge in [-0.25, -0.2) is 9.97 Å². The van der Waals surface area contributed by atoms with Crippen molar-refractivity contribution in [2.75, 3.05) is 0 Å². The van der Waals surface area contributed by atoms with Gasteiger partial charge in [-0.3, -0.25) is 4.57 Å². The fourth-order valence-corrected chi connectivity index (χ4v) is 9.86. The molecule has 9 aromatic carbocycles. The molecule has 0 aliphatic carbocycles. The van der Waals surface area contributed by atoms with Crippen LogP contribution in [-0.4, -0.2) is 29.3 Å². The minimum atomic E-state index is 0.0263. The van der Waals surface area contributed by atoms with Crippen LogP contribution in [0, 0.1) is 0 Å². The number of benzene rings is 9. The van der Waals surface area contributed by atoms with Crippen molar-refractivity contribution in [3.8, 4) is 34.3 Å². The molecule has 0 saturated carbocycles. The van der Waals surface area contributed by atoms with Crippen LogP contribution in [-0.2, 0) is 10.8 Å². The molecule has 0 aliphatic rings. The molecule has 0 fully saturated rings. The van der Waals surface area contributed by atoms with Gasteiger partial charge >= 0.3 is 0 Å². The van der Waals surface area contributed by atoms with E-state index in [-0.39, 0.29) is 10.8 Å². The Morgan fingerprint density at radius 3 is 1.50 bits per heavy atom. The largest absolute Gasteiger partial charge is 0.309 e. The summed E-state index contributed by atoms with van der Waals surface area (Å²) in [6.45, 7) is 13.7. The monoisotopic (exact) mass is 826 g/mol. The quantitative estimate of drug-likeness (QED) is 0.131. The number of nitrogens with zero attached hydrogens (tertiary/aromatic N) is 6. The van der Waals surface area contributed by atoms with Gasteiger partial charge in [0.05, 0.1) is 28.3 Å². The molecule has 12 rings (SSSR count). The average molecular weight is 827 g/mol. The van der Waals surface area contributed by atoms with Gasteiger partial charge in [-0.1, -0.05) is 151 Å². The lowest BCUT2D eigenvalue weighted by Gasteiger charge is -2.19. The highest BCUT2D eigenvalue weighted by molar-refractivity contribution is 6.24. The van der Waals surface area contributed by atoms with E-state index in [2.05, 4.69) is 214 Å². The van der Waals surface area contributed by atoms with E-state index < -0.39 is 0 Å². The molecule has 3 heterocycles. The van der Waals surface area contributed by atoms with Crippen LogP contribution < -0.4 is 0 Å². The van der Waals surface area contributed by atoms with E-state index in [1.807, 2.05) is 6.20 Å². The van der Waals surface area contributed by atoms with Crippen LogP contribution in [0.5, 0.6) is 0 Å². The van der Waals surface area contributed by atoms with Crippen molar-refractivity contribution in [1.29, 1.82) is 0 Å². The Labute approximate surface area is 371 Å². The summed E-state index contributed by atoms with van der Waals surface area (Å²) >= 11 is 0. The zero-order chi connectivity index (χ0) is 43.5. The van der Waals surface area contributed by atoms with Gasteiger partial charge in [0.1, 0.15) is 5.82 Å². The zero-order valence-electron chi connectivity index (χ0n) is 36.8. The summed E-state index contributed by atoms with van der Waals surface area (Å²) < 4.78 is 4.56. The van der Waals surface area contributed by atoms with Gasteiger partial charge < -0.3 is 4.57 Å². The van der Waals surface area contributed by atoms with E-state index in [9.17, 15) is 0 Å². The maximum absolute atomic E-state index is 5.52. The molecule has 0 aliphatic heterocycles. The lowest BCUT2D eigenvalue weighted by atomic mass is 9.85. The molecular formula is C58H46N6. The highest BCUT2D eigenvalue weighted by Gasteiger charge is 2.24. The second-order valence-electron chi connectivity index (χ2n) is 19.2. The van der Waals surface area contributed by atoms with E-state index >= 15 is 0 Å². The predicted molar refractivity (Wildman–Crippen MR) is 267 cm³/mol. The van der Waals surface area contributed by atoms with E-state index in [4.69, 9.17) is 20.2 Å². The second-order valence-corrected chi connectivity index (χ2v) is 19.2. The minimum Gasteiger partial charge on any atom is -0.309 e. The molecule has 6 nitrogen and oxygen atoms in total. The number of rotatable bonds is 4. The molecule has 3 aromatic heterocycles. The lowest BCUT2D eigenvalue weighted by molar-refractivity contribution is 0.590. The molecule has 12 aromatic rings. The number of hydrogen-bond donors (Lipinski definition) is 0. The Balaban J connectivity index is 1.07. The van der Waals surface area contributed by atoms with E-state index in [1.165, 1.54) is 32.9 Å². The molecule has 0 atom stereocenters. The normalized spacial score (nSPS) is 12.5. The van der Waals surface area contributed by atoms with Gasteiger partial charge in [-0.15, -0.1) is 10.2 Å². The van der Waals surface area contributed by atoms with Crippen molar-refractivity contribution < 1.29 is 0 Å². The maximum Gasteiger partial charge on any atom is 0.183 e. The lowest BCUT2D eigenvalue weighted by Crippen LogP contribution is -2.10. The van der Waals surface area contributed by atoms with Crippen LogP contribution in [0.25, 0.3) is 110 Å². The van der Waals surface area contributed by atoms with Crippen LogP contribution in [0.4, 0.5) is 0 Å². The molecule has 308 valence electrons. The first kappa shape index (κ1) is 38.0. The fourth-order valence-electron chi connectivity index (χ4n) is 9.86. The third kappa shape index (κ3) is 5.86. The van der Waals surface area contributed by atoms with Crippen LogP contribution in [0.2, 0.25) is 0 Å². The summed E-state index contributed by atoms with van der Waals surface area (Å²) in [5.41, 5.74) is 9.98. The first-order valence-electron chi connectivity index (χ1n) is 22.1. The SMILES string of the molecule is CC(C)(C)c1ccc2c(c1)c1cc(C(C)(C)C)ccc1n2-c1ccc(-c2nc3c4ccccc4c4ccccc4c3n2-c2cnc(-c3c4ccccc4cc4ccccc34)nn2)cc1. The van der Waals surface area contributed by atoms with Crippen LogP contribution >= 0.6 is 0 Å². The van der Waals surface area contributed by atoms with Gasteiger partial charge in [0.2, 0.25) is 0 Å². The van der Waals surface area contributed by atoms with Gasteiger partial charge in [0, 0.05) is 38.4 Å². The molecular weight excluding hydrogens is 781 g/mol. The number of aromatic nitrogens is 6. The van der Waals surface area contributed by atoms with Crippen molar-refractivity contribution in [3.05, 3.63) is 181 Å². The van der Waals surface area contributed by atoms with Crippen molar-refractivity contribution in [1.82, 2.24) is 29.3 Å². The molecule has 6 heteroatoms. The first-order valence-corrected chi connectivity index (χ1v) is 22.1. The van der Waals surface area contributed by atoms with Gasteiger partial charge in [0.25, 0.3) is 0 Å². The molecule has 0 radical (unpaired) electrons.